The highest BCUT2D eigenvalue weighted by Crippen LogP contribution is 2.36. The number of piperidine rings is 1. The number of nitrogens with one attached hydrogen (secondary N) is 1. The van der Waals surface area contributed by atoms with Crippen molar-refractivity contribution >= 4 is 11.8 Å². The smallest absolute Gasteiger partial charge is 0.312 e. The summed E-state index contributed by atoms with van der Waals surface area (Å²) in [5.41, 5.74) is 0. The van der Waals surface area contributed by atoms with Gasteiger partial charge in [0.2, 0.25) is 0 Å². The number of carbonyl (C=O) groups excluding carboxylic acids is 2. The van der Waals surface area contributed by atoms with E-state index in [2.05, 4.69) is 5.32 Å². The molecule has 19 heavy (non-hydrogen) atoms. The lowest BCUT2D eigenvalue weighted by atomic mass is 9.92. The van der Waals surface area contributed by atoms with E-state index in [9.17, 15) is 9.59 Å². The van der Waals surface area contributed by atoms with Crippen molar-refractivity contribution in [2.24, 2.45) is 5.92 Å². The van der Waals surface area contributed by atoms with Crippen LogP contribution in [0.5, 0.6) is 0 Å². The quantitative estimate of drug-likeness (QED) is 0.637. The molecule has 0 aromatic carbocycles. The summed E-state index contributed by atoms with van der Waals surface area (Å²) in [6.45, 7) is 3.69. The number of amides is 2. The molecule has 2 aliphatic heterocycles. The molecule has 1 N–H and O–H groups in total. The summed E-state index contributed by atoms with van der Waals surface area (Å²) in [6.07, 6.45) is 5.82. The monoisotopic (exact) mass is 265 g/mol. The Hall–Kier alpha value is -1.10. The fraction of sp³-hybridized carbons (Fsp3) is 0.857. The molecule has 5 heteroatoms. The van der Waals surface area contributed by atoms with Crippen molar-refractivity contribution < 1.29 is 9.59 Å². The van der Waals surface area contributed by atoms with Crippen LogP contribution in [0.15, 0.2) is 0 Å². The molecule has 5 nitrogen and oxygen atoms in total. The van der Waals surface area contributed by atoms with Crippen LogP contribution < -0.4 is 5.32 Å². The standard InChI is InChI=1S/C14H23N3O2/c18-13(16-9-6-15-7-10-16)14(19)17-8-2-4-11-3-1-5-12(11)17/h11-12,15H,1-10H2. The van der Waals surface area contributed by atoms with Crippen LogP contribution >= 0.6 is 0 Å². The van der Waals surface area contributed by atoms with Gasteiger partial charge in [-0.25, -0.2) is 0 Å². The SMILES string of the molecule is O=C(C(=O)N1CCCC2CCCC21)N1CCNCC1. The van der Waals surface area contributed by atoms with Gasteiger partial charge in [0.25, 0.3) is 0 Å². The molecule has 1 aliphatic carbocycles. The van der Waals surface area contributed by atoms with Crippen molar-refractivity contribution in [1.29, 1.82) is 0 Å². The predicted molar refractivity (Wildman–Crippen MR) is 71.5 cm³/mol. The Balaban J connectivity index is 1.66. The van der Waals surface area contributed by atoms with Crippen LogP contribution in [0.2, 0.25) is 0 Å². The second-order valence-electron chi connectivity index (χ2n) is 5.94. The maximum absolute atomic E-state index is 12.5. The van der Waals surface area contributed by atoms with E-state index in [-0.39, 0.29) is 11.8 Å². The number of nitrogens with zero attached hydrogens (tertiary/aromatic N) is 2. The molecule has 3 aliphatic rings. The van der Waals surface area contributed by atoms with Crippen LogP contribution in [0.25, 0.3) is 0 Å². The third-order valence-electron chi connectivity index (χ3n) is 4.84. The van der Waals surface area contributed by atoms with Gasteiger partial charge in [0, 0.05) is 38.8 Å². The summed E-state index contributed by atoms with van der Waals surface area (Å²) in [4.78, 5) is 28.3. The third-order valence-corrected chi connectivity index (χ3v) is 4.84. The fourth-order valence-corrected chi connectivity index (χ4v) is 3.83. The minimum Gasteiger partial charge on any atom is -0.332 e. The number of hydrogen-bond acceptors (Lipinski definition) is 3. The molecular weight excluding hydrogens is 242 g/mol. The maximum Gasteiger partial charge on any atom is 0.312 e. The van der Waals surface area contributed by atoms with Gasteiger partial charge in [-0.05, 0) is 31.6 Å². The predicted octanol–water partition coefficient (Wildman–Crippen LogP) is 0.209. The lowest BCUT2D eigenvalue weighted by molar-refractivity contribution is -0.155. The zero-order chi connectivity index (χ0) is 13.2. The largest absolute Gasteiger partial charge is 0.332 e. The number of hydrogen-bond donors (Lipinski definition) is 1. The fourth-order valence-electron chi connectivity index (χ4n) is 3.83. The lowest BCUT2D eigenvalue weighted by Crippen LogP contribution is -2.55. The van der Waals surface area contributed by atoms with Crippen LogP contribution in [0.1, 0.15) is 32.1 Å². The number of rotatable bonds is 0. The zero-order valence-electron chi connectivity index (χ0n) is 11.4. The van der Waals surface area contributed by atoms with Gasteiger partial charge < -0.3 is 15.1 Å². The van der Waals surface area contributed by atoms with Crippen LogP contribution in [-0.4, -0.2) is 60.4 Å². The highest BCUT2D eigenvalue weighted by molar-refractivity contribution is 6.35. The summed E-state index contributed by atoms with van der Waals surface area (Å²) < 4.78 is 0. The van der Waals surface area contributed by atoms with E-state index in [0.29, 0.717) is 25.0 Å². The molecule has 3 fully saturated rings. The summed E-state index contributed by atoms with van der Waals surface area (Å²) >= 11 is 0. The van der Waals surface area contributed by atoms with Gasteiger partial charge >= 0.3 is 11.8 Å². The molecule has 2 atom stereocenters. The van der Waals surface area contributed by atoms with E-state index >= 15 is 0 Å². The summed E-state index contributed by atoms with van der Waals surface area (Å²) in [7, 11) is 0. The number of carbonyl (C=O) groups is 2. The molecule has 3 rings (SSSR count). The van der Waals surface area contributed by atoms with Gasteiger partial charge in [-0.1, -0.05) is 6.42 Å². The molecule has 2 saturated heterocycles. The Morgan fingerprint density at radius 1 is 0.895 bits per heavy atom. The highest BCUT2D eigenvalue weighted by Gasteiger charge is 2.40. The Bertz CT molecular complexity index is 366. The topological polar surface area (TPSA) is 52.7 Å². The van der Waals surface area contributed by atoms with Crippen LogP contribution in [-0.2, 0) is 9.59 Å². The Morgan fingerprint density at radius 3 is 2.42 bits per heavy atom. The van der Waals surface area contributed by atoms with Gasteiger partial charge in [-0.2, -0.15) is 0 Å². The molecular formula is C14H23N3O2. The number of fused-ring (bicyclic) bond motifs is 1. The van der Waals surface area contributed by atoms with Crippen LogP contribution in [0, 0.1) is 5.92 Å². The first-order chi connectivity index (χ1) is 9.27. The second kappa shape index (κ2) is 5.49. The minimum absolute atomic E-state index is 0.251. The third kappa shape index (κ3) is 2.48. The lowest BCUT2D eigenvalue weighted by Gasteiger charge is -2.38. The normalized spacial score (nSPS) is 31.2. The molecule has 2 unspecified atom stereocenters. The van der Waals surface area contributed by atoms with Gasteiger partial charge in [0.05, 0.1) is 0 Å². The minimum atomic E-state index is -0.283. The van der Waals surface area contributed by atoms with Gasteiger partial charge in [0.15, 0.2) is 0 Å². The van der Waals surface area contributed by atoms with Gasteiger partial charge in [-0.3, -0.25) is 9.59 Å². The summed E-state index contributed by atoms with van der Waals surface area (Å²) in [6, 6.07) is 0.341. The zero-order valence-corrected chi connectivity index (χ0v) is 11.4. The van der Waals surface area contributed by atoms with E-state index < -0.39 is 0 Å². The van der Waals surface area contributed by atoms with Crippen LogP contribution in [0.4, 0.5) is 0 Å². The van der Waals surface area contributed by atoms with Crippen LogP contribution in [0.3, 0.4) is 0 Å². The maximum atomic E-state index is 12.5. The van der Waals surface area contributed by atoms with E-state index in [4.69, 9.17) is 0 Å². The Kier molecular flexibility index (Phi) is 3.73. The first kappa shape index (κ1) is 12.9. The highest BCUT2D eigenvalue weighted by atomic mass is 16.2. The molecule has 0 aromatic rings. The molecule has 2 heterocycles. The molecule has 106 valence electrons. The molecule has 1 saturated carbocycles. The summed E-state index contributed by atoms with van der Waals surface area (Å²) in [5, 5.41) is 3.21. The van der Waals surface area contributed by atoms with Crippen molar-refractivity contribution in [3.8, 4) is 0 Å². The molecule has 0 radical (unpaired) electrons. The van der Waals surface area contributed by atoms with Gasteiger partial charge in [0.1, 0.15) is 0 Å². The number of piperazine rings is 1. The summed E-state index contributed by atoms with van der Waals surface area (Å²) in [5.74, 6) is 0.112. The first-order valence-corrected chi connectivity index (χ1v) is 7.58. The van der Waals surface area contributed by atoms with Crippen molar-refractivity contribution in [2.75, 3.05) is 32.7 Å². The van der Waals surface area contributed by atoms with Crippen molar-refractivity contribution in [1.82, 2.24) is 15.1 Å². The Labute approximate surface area is 114 Å². The second-order valence-corrected chi connectivity index (χ2v) is 5.94. The van der Waals surface area contributed by atoms with Crippen molar-refractivity contribution in [2.45, 2.75) is 38.1 Å². The van der Waals surface area contributed by atoms with Crippen molar-refractivity contribution in [3.05, 3.63) is 0 Å². The van der Waals surface area contributed by atoms with E-state index in [1.807, 2.05) is 4.90 Å². The van der Waals surface area contributed by atoms with E-state index in [1.54, 1.807) is 4.90 Å². The molecule has 0 spiro atoms. The average molecular weight is 265 g/mol. The molecule has 0 bridgehead atoms. The van der Waals surface area contributed by atoms with E-state index in [0.717, 1.165) is 32.5 Å². The number of likely N-dealkylation sites (tertiary alicyclic amines) is 1. The average Bonchev–Trinajstić information content (AvgIpc) is 2.95. The first-order valence-electron chi connectivity index (χ1n) is 7.58. The molecule has 0 aromatic heterocycles. The van der Waals surface area contributed by atoms with Gasteiger partial charge in [-0.15, -0.1) is 0 Å². The van der Waals surface area contributed by atoms with E-state index in [1.165, 1.54) is 19.3 Å². The van der Waals surface area contributed by atoms with Crippen molar-refractivity contribution in [3.63, 3.8) is 0 Å². The Morgan fingerprint density at radius 2 is 1.63 bits per heavy atom. The molecule has 2 amide bonds.